The smallest absolute Gasteiger partial charge is 0.261 e. The van der Waals surface area contributed by atoms with Gasteiger partial charge >= 0.3 is 0 Å². The fraction of sp³-hybridized carbons (Fsp3) is 0.455. The van der Waals surface area contributed by atoms with Crippen molar-refractivity contribution in [2.45, 2.75) is 25.7 Å². The number of hydrogen-bond acceptors (Lipinski definition) is 5. The standard InChI is InChI=1S/C22H29BrN4O2/c23-19-9-8-18-20-16(19)6-3-7-17(20)21(28)27(22(18)29)15-5-14-26-12-2-1-11-25-13-4-10-24/h3,6-9,25-26H,1-2,4-5,10-15,24H2. The largest absolute Gasteiger partial charge is 0.330 e. The highest BCUT2D eigenvalue weighted by atomic mass is 79.9. The topological polar surface area (TPSA) is 87.5 Å². The molecule has 0 saturated carbocycles. The first kappa shape index (κ1) is 21.9. The van der Waals surface area contributed by atoms with Crippen molar-refractivity contribution in [2.24, 2.45) is 5.73 Å². The second-order valence-corrected chi connectivity index (χ2v) is 8.14. The Bertz CT molecular complexity index is 849. The van der Waals surface area contributed by atoms with E-state index in [0.29, 0.717) is 17.7 Å². The molecule has 0 saturated heterocycles. The van der Waals surface area contributed by atoms with Crippen molar-refractivity contribution in [3.8, 4) is 0 Å². The fourth-order valence-corrected chi connectivity index (χ4v) is 4.12. The van der Waals surface area contributed by atoms with Crippen LogP contribution in [-0.2, 0) is 0 Å². The lowest BCUT2D eigenvalue weighted by Gasteiger charge is -2.27. The van der Waals surface area contributed by atoms with E-state index >= 15 is 0 Å². The van der Waals surface area contributed by atoms with E-state index in [1.807, 2.05) is 18.2 Å². The van der Waals surface area contributed by atoms with Gasteiger partial charge < -0.3 is 16.4 Å². The molecule has 0 atom stereocenters. The average Bonchev–Trinajstić information content (AvgIpc) is 2.73. The first-order valence-electron chi connectivity index (χ1n) is 10.3. The normalized spacial score (nSPS) is 13.5. The molecule has 1 heterocycles. The Kier molecular flexibility index (Phi) is 8.18. The molecular formula is C22H29BrN4O2. The molecule has 0 unspecified atom stereocenters. The van der Waals surface area contributed by atoms with Crippen LogP contribution in [0.15, 0.2) is 34.8 Å². The molecule has 2 aromatic carbocycles. The fourth-order valence-electron chi connectivity index (χ4n) is 3.65. The van der Waals surface area contributed by atoms with Gasteiger partial charge in [-0.15, -0.1) is 0 Å². The number of carbonyl (C=O) groups is 2. The molecule has 2 amide bonds. The number of nitrogens with zero attached hydrogens (tertiary/aromatic N) is 1. The number of hydrogen-bond donors (Lipinski definition) is 3. The number of nitrogens with one attached hydrogen (secondary N) is 2. The van der Waals surface area contributed by atoms with Crippen LogP contribution in [0.2, 0.25) is 0 Å². The number of unbranched alkanes of at least 4 members (excludes halogenated alkanes) is 1. The number of amides is 2. The van der Waals surface area contributed by atoms with Crippen molar-refractivity contribution in [1.82, 2.24) is 15.5 Å². The van der Waals surface area contributed by atoms with Crippen molar-refractivity contribution in [2.75, 3.05) is 39.3 Å². The summed E-state index contributed by atoms with van der Waals surface area (Å²) in [7, 11) is 0. The summed E-state index contributed by atoms with van der Waals surface area (Å²) in [6.07, 6.45) is 3.98. The van der Waals surface area contributed by atoms with E-state index in [4.69, 9.17) is 5.73 Å². The van der Waals surface area contributed by atoms with Gasteiger partial charge in [-0.25, -0.2) is 0 Å². The maximum absolute atomic E-state index is 12.9. The molecule has 0 aromatic heterocycles. The third kappa shape index (κ3) is 5.22. The summed E-state index contributed by atoms with van der Waals surface area (Å²) in [4.78, 5) is 27.2. The molecule has 2 aromatic rings. The van der Waals surface area contributed by atoms with Crippen molar-refractivity contribution in [1.29, 1.82) is 0 Å². The molecule has 0 fully saturated rings. The Hall–Kier alpha value is -1.80. The highest BCUT2D eigenvalue weighted by molar-refractivity contribution is 9.10. The Morgan fingerprint density at radius 2 is 1.45 bits per heavy atom. The Labute approximate surface area is 180 Å². The van der Waals surface area contributed by atoms with Crippen LogP contribution in [-0.4, -0.2) is 56.0 Å². The second kappa shape index (κ2) is 10.8. The van der Waals surface area contributed by atoms with Crippen molar-refractivity contribution >= 4 is 38.5 Å². The van der Waals surface area contributed by atoms with Gasteiger partial charge in [0.25, 0.3) is 11.8 Å². The Morgan fingerprint density at radius 3 is 2.14 bits per heavy atom. The number of halogens is 1. The minimum Gasteiger partial charge on any atom is -0.330 e. The van der Waals surface area contributed by atoms with Crippen LogP contribution in [0.25, 0.3) is 10.8 Å². The minimum absolute atomic E-state index is 0.199. The Morgan fingerprint density at radius 1 is 0.828 bits per heavy atom. The monoisotopic (exact) mass is 460 g/mol. The molecule has 1 aliphatic heterocycles. The van der Waals surface area contributed by atoms with Gasteiger partial charge in [0.2, 0.25) is 0 Å². The third-order valence-corrected chi connectivity index (χ3v) is 5.88. The van der Waals surface area contributed by atoms with Crippen molar-refractivity contribution in [3.05, 3.63) is 45.9 Å². The molecule has 1 aliphatic rings. The zero-order valence-corrected chi connectivity index (χ0v) is 18.3. The van der Waals surface area contributed by atoms with Crippen LogP contribution >= 0.6 is 15.9 Å². The number of nitrogens with two attached hydrogens (primary N) is 1. The van der Waals surface area contributed by atoms with Gasteiger partial charge in [0.05, 0.1) is 0 Å². The predicted octanol–water partition coefficient (Wildman–Crippen LogP) is 2.90. The first-order chi connectivity index (χ1) is 14.1. The zero-order chi connectivity index (χ0) is 20.6. The van der Waals surface area contributed by atoms with Crippen LogP contribution in [0.3, 0.4) is 0 Å². The lowest BCUT2D eigenvalue weighted by molar-refractivity contribution is 0.0609. The molecule has 4 N–H and O–H groups in total. The summed E-state index contributed by atoms with van der Waals surface area (Å²) in [5.41, 5.74) is 6.67. The summed E-state index contributed by atoms with van der Waals surface area (Å²) in [5.74, 6) is -0.399. The van der Waals surface area contributed by atoms with Crippen molar-refractivity contribution < 1.29 is 9.59 Å². The van der Waals surface area contributed by atoms with Gasteiger partial charge in [0, 0.05) is 27.5 Å². The molecule has 6 nitrogen and oxygen atoms in total. The average molecular weight is 461 g/mol. The van der Waals surface area contributed by atoms with Gasteiger partial charge in [-0.3, -0.25) is 14.5 Å². The van der Waals surface area contributed by atoms with Crippen molar-refractivity contribution in [3.63, 3.8) is 0 Å². The van der Waals surface area contributed by atoms with E-state index in [-0.39, 0.29) is 11.8 Å². The van der Waals surface area contributed by atoms with E-state index in [1.165, 1.54) is 4.90 Å². The quantitative estimate of drug-likeness (QED) is 0.334. The maximum atomic E-state index is 12.9. The molecule has 3 rings (SSSR count). The Balaban J connectivity index is 1.45. The predicted molar refractivity (Wildman–Crippen MR) is 120 cm³/mol. The summed E-state index contributed by atoms with van der Waals surface area (Å²) >= 11 is 3.51. The molecule has 29 heavy (non-hydrogen) atoms. The van der Waals surface area contributed by atoms with E-state index in [1.54, 1.807) is 12.1 Å². The molecular weight excluding hydrogens is 432 g/mol. The van der Waals surface area contributed by atoms with Gasteiger partial charge in [0.1, 0.15) is 0 Å². The highest BCUT2D eigenvalue weighted by Crippen LogP contribution is 2.34. The van der Waals surface area contributed by atoms with E-state index < -0.39 is 0 Å². The highest BCUT2D eigenvalue weighted by Gasteiger charge is 2.32. The summed E-state index contributed by atoms with van der Waals surface area (Å²) < 4.78 is 0.894. The van der Waals surface area contributed by atoms with E-state index in [9.17, 15) is 9.59 Å². The summed E-state index contributed by atoms with van der Waals surface area (Å²) in [6.45, 7) is 4.88. The number of benzene rings is 2. The number of imide groups is 1. The summed E-state index contributed by atoms with van der Waals surface area (Å²) in [5, 5.41) is 8.43. The zero-order valence-electron chi connectivity index (χ0n) is 16.7. The van der Waals surface area contributed by atoms with Gasteiger partial charge in [0.15, 0.2) is 0 Å². The molecule has 0 bridgehead atoms. The summed E-state index contributed by atoms with van der Waals surface area (Å²) in [6, 6.07) is 9.28. The maximum Gasteiger partial charge on any atom is 0.261 e. The molecule has 156 valence electrons. The van der Waals surface area contributed by atoms with E-state index in [0.717, 1.165) is 73.7 Å². The van der Waals surface area contributed by atoms with Gasteiger partial charge in [-0.2, -0.15) is 0 Å². The van der Waals surface area contributed by atoms with E-state index in [2.05, 4.69) is 26.6 Å². The van der Waals surface area contributed by atoms with Crippen LogP contribution < -0.4 is 16.4 Å². The van der Waals surface area contributed by atoms with Crippen LogP contribution in [0, 0.1) is 0 Å². The SMILES string of the molecule is NCCCNCCCCNCCCN1C(=O)c2cccc3c(Br)ccc(c23)C1=O. The lowest BCUT2D eigenvalue weighted by atomic mass is 9.94. The van der Waals surface area contributed by atoms with Crippen LogP contribution in [0.1, 0.15) is 46.4 Å². The first-order valence-corrected chi connectivity index (χ1v) is 11.1. The second-order valence-electron chi connectivity index (χ2n) is 7.29. The minimum atomic E-state index is -0.199. The molecule has 7 heteroatoms. The number of rotatable bonds is 12. The molecule has 0 aliphatic carbocycles. The van der Waals surface area contributed by atoms with Gasteiger partial charge in [-0.1, -0.05) is 28.1 Å². The third-order valence-electron chi connectivity index (χ3n) is 5.19. The molecule has 0 radical (unpaired) electrons. The van der Waals surface area contributed by atoms with Gasteiger partial charge in [-0.05, 0) is 82.0 Å². The van der Waals surface area contributed by atoms with Crippen LogP contribution in [0.4, 0.5) is 0 Å². The number of carbonyl (C=O) groups excluding carboxylic acids is 2. The lowest BCUT2D eigenvalue weighted by Crippen LogP contribution is -2.41. The molecule has 0 spiro atoms. The van der Waals surface area contributed by atoms with Crippen LogP contribution in [0.5, 0.6) is 0 Å².